The molecule has 176 valence electrons. The summed E-state index contributed by atoms with van der Waals surface area (Å²) in [5.74, 6) is 0. The Hall–Kier alpha value is -3.14. The van der Waals surface area contributed by atoms with E-state index in [1.165, 1.54) is 13.2 Å². The Bertz CT molecular complexity index is 1190. The van der Waals surface area contributed by atoms with E-state index in [0.29, 0.717) is 24.3 Å². The van der Waals surface area contributed by atoms with Crippen LogP contribution in [0.4, 0.5) is 18.0 Å². The van der Waals surface area contributed by atoms with Gasteiger partial charge in [0.1, 0.15) is 5.60 Å². The predicted molar refractivity (Wildman–Crippen MR) is 116 cm³/mol. The van der Waals surface area contributed by atoms with Gasteiger partial charge in [-0.2, -0.15) is 18.3 Å². The topological polar surface area (TPSA) is 78.3 Å². The average molecular weight is 462 g/mol. The number of carbonyl (C=O) groups is 1. The van der Waals surface area contributed by atoms with Gasteiger partial charge in [0.2, 0.25) is 0 Å². The smallest absolute Gasteiger partial charge is 0.435 e. The van der Waals surface area contributed by atoms with Crippen molar-refractivity contribution in [1.82, 2.24) is 20.1 Å². The maximum Gasteiger partial charge on any atom is 0.435 e. The maximum absolute atomic E-state index is 13.7. The number of alkyl carbamates (subject to hydrolysis) is 1. The number of pyridine rings is 1. The zero-order valence-corrected chi connectivity index (χ0v) is 18.8. The van der Waals surface area contributed by atoms with E-state index in [1.54, 1.807) is 39.0 Å². The Morgan fingerprint density at radius 2 is 1.97 bits per heavy atom. The zero-order valence-electron chi connectivity index (χ0n) is 18.8. The summed E-state index contributed by atoms with van der Waals surface area (Å²) in [4.78, 5) is 16.2. The number of carbonyl (C=O) groups excluding carboxylic acids is 1. The molecular weight excluding hydrogens is 437 g/mol. The molecule has 0 spiro atoms. The first kappa shape index (κ1) is 23.0. The molecule has 3 heterocycles. The molecule has 10 heteroatoms. The van der Waals surface area contributed by atoms with Crippen LogP contribution in [-0.2, 0) is 28.1 Å². The molecule has 1 aromatic carbocycles. The number of amides is 1. The zero-order chi connectivity index (χ0) is 24.0. The van der Waals surface area contributed by atoms with Crippen molar-refractivity contribution in [1.29, 1.82) is 0 Å². The lowest BCUT2D eigenvalue weighted by atomic mass is 9.77. The fourth-order valence-electron chi connectivity index (χ4n) is 3.91. The SMILES string of the molecule is Cn1nc(C(F)(F)F)c2c(-c3cccc(C4(CNC(=O)OC(C)(C)C)COC4)c3)ccnc21. The second-order valence-electron chi connectivity index (χ2n) is 9.24. The van der Waals surface area contributed by atoms with Crippen LogP contribution >= 0.6 is 0 Å². The van der Waals surface area contributed by atoms with E-state index in [4.69, 9.17) is 9.47 Å². The van der Waals surface area contributed by atoms with Gasteiger partial charge in [-0.15, -0.1) is 0 Å². The molecule has 4 rings (SSSR count). The van der Waals surface area contributed by atoms with Gasteiger partial charge in [-0.1, -0.05) is 24.3 Å². The number of hydrogen-bond donors (Lipinski definition) is 1. The molecule has 1 saturated heterocycles. The highest BCUT2D eigenvalue weighted by atomic mass is 19.4. The number of benzene rings is 1. The molecular formula is C23H25F3N4O3. The molecule has 0 atom stereocenters. The van der Waals surface area contributed by atoms with E-state index >= 15 is 0 Å². The monoisotopic (exact) mass is 462 g/mol. The standard InChI is InChI=1S/C23H25F3N4O3/c1-21(2,3)33-20(31)28-11-22(12-32-13-22)15-7-5-6-14(10-15)16-8-9-27-19-17(16)18(23(24,25)26)29-30(19)4/h5-10H,11-13H2,1-4H3,(H,28,31). The Balaban J connectivity index is 1.70. The minimum atomic E-state index is -4.62. The molecule has 1 amide bonds. The van der Waals surface area contributed by atoms with Crippen LogP contribution in [-0.4, -0.2) is 46.2 Å². The predicted octanol–water partition coefficient (Wildman–Crippen LogP) is 4.45. The molecule has 33 heavy (non-hydrogen) atoms. The average Bonchev–Trinajstić information content (AvgIpc) is 3.03. The van der Waals surface area contributed by atoms with Crippen LogP contribution in [0, 0.1) is 0 Å². The molecule has 2 aromatic heterocycles. The molecule has 0 aliphatic carbocycles. The van der Waals surface area contributed by atoms with Gasteiger partial charge in [-0.3, -0.25) is 0 Å². The number of fused-ring (bicyclic) bond motifs is 1. The van der Waals surface area contributed by atoms with Gasteiger partial charge in [-0.25, -0.2) is 14.5 Å². The van der Waals surface area contributed by atoms with Gasteiger partial charge in [0.15, 0.2) is 11.3 Å². The van der Waals surface area contributed by atoms with E-state index in [9.17, 15) is 18.0 Å². The minimum Gasteiger partial charge on any atom is -0.444 e. The van der Waals surface area contributed by atoms with Crippen LogP contribution in [0.15, 0.2) is 36.5 Å². The number of aryl methyl sites for hydroxylation is 1. The summed E-state index contributed by atoms with van der Waals surface area (Å²) in [5, 5.41) is 6.41. The summed E-state index contributed by atoms with van der Waals surface area (Å²) < 4.78 is 52.9. The number of nitrogens with zero attached hydrogens (tertiary/aromatic N) is 3. The Morgan fingerprint density at radius 3 is 2.58 bits per heavy atom. The normalized spacial score (nSPS) is 15.8. The Labute approximate surface area is 188 Å². The van der Waals surface area contributed by atoms with Gasteiger partial charge in [0.25, 0.3) is 0 Å². The number of rotatable bonds is 4. The number of alkyl halides is 3. The van der Waals surface area contributed by atoms with Crippen LogP contribution in [0.1, 0.15) is 32.0 Å². The van der Waals surface area contributed by atoms with Gasteiger partial charge < -0.3 is 14.8 Å². The van der Waals surface area contributed by atoms with Crippen LogP contribution < -0.4 is 5.32 Å². The Morgan fingerprint density at radius 1 is 1.24 bits per heavy atom. The molecule has 1 aliphatic rings. The lowest BCUT2D eigenvalue weighted by Gasteiger charge is -2.42. The first-order valence-electron chi connectivity index (χ1n) is 10.4. The van der Waals surface area contributed by atoms with E-state index in [2.05, 4.69) is 15.4 Å². The Kier molecular flexibility index (Phi) is 5.60. The fourth-order valence-corrected chi connectivity index (χ4v) is 3.91. The van der Waals surface area contributed by atoms with Gasteiger partial charge in [0, 0.05) is 19.8 Å². The summed E-state index contributed by atoms with van der Waals surface area (Å²) in [6.07, 6.45) is -3.68. The first-order valence-corrected chi connectivity index (χ1v) is 10.4. The van der Waals surface area contributed by atoms with Crippen LogP contribution in [0.25, 0.3) is 22.2 Å². The highest BCUT2D eigenvalue weighted by molar-refractivity contribution is 5.95. The third kappa shape index (κ3) is 4.52. The van der Waals surface area contributed by atoms with Crippen molar-refractivity contribution in [3.8, 4) is 11.1 Å². The van der Waals surface area contributed by atoms with Crippen molar-refractivity contribution in [3.05, 3.63) is 47.8 Å². The molecule has 1 fully saturated rings. The van der Waals surface area contributed by atoms with Crippen molar-refractivity contribution >= 4 is 17.1 Å². The molecule has 1 N–H and O–H groups in total. The lowest BCUT2D eigenvalue weighted by molar-refractivity contribution is -0.140. The van der Waals surface area contributed by atoms with E-state index in [-0.39, 0.29) is 17.6 Å². The quantitative estimate of drug-likeness (QED) is 0.620. The summed E-state index contributed by atoms with van der Waals surface area (Å²) >= 11 is 0. The minimum absolute atomic E-state index is 0.0459. The second kappa shape index (κ2) is 8.02. The van der Waals surface area contributed by atoms with E-state index < -0.39 is 29.0 Å². The second-order valence-corrected chi connectivity index (χ2v) is 9.24. The summed E-state index contributed by atoms with van der Waals surface area (Å²) in [5.41, 5.74) is -0.106. The van der Waals surface area contributed by atoms with E-state index in [1.807, 2.05) is 12.1 Å². The number of nitrogens with one attached hydrogen (secondary N) is 1. The lowest BCUT2D eigenvalue weighted by Crippen LogP contribution is -2.54. The largest absolute Gasteiger partial charge is 0.444 e. The first-order chi connectivity index (χ1) is 15.4. The van der Waals surface area contributed by atoms with Gasteiger partial charge in [-0.05, 0) is 43.5 Å². The van der Waals surface area contributed by atoms with Crippen LogP contribution in [0.3, 0.4) is 0 Å². The highest BCUT2D eigenvalue weighted by Gasteiger charge is 2.42. The summed E-state index contributed by atoms with van der Waals surface area (Å²) in [6, 6.07) is 8.81. The number of hydrogen-bond acceptors (Lipinski definition) is 5. The van der Waals surface area contributed by atoms with Crippen LogP contribution in [0.2, 0.25) is 0 Å². The number of halogens is 3. The van der Waals surface area contributed by atoms with Crippen molar-refractivity contribution < 1.29 is 27.4 Å². The molecule has 0 bridgehead atoms. The van der Waals surface area contributed by atoms with Crippen molar-refractivity contribution in [2.45, 2.75) is 38.0 Å². The molecule has 0 unspecified atom stereocenters. The van der Waals surface area contributed by atoms with Crippen molar-refractivity contribution in [3.63, 3.8) is 0 Å². The highest BCUT2D eigenvalue weighted by Crippen LogP contribution is 2.40. The molecule has 0 saturated carbocycles. The fraction of sp³-hybridized carbons (Fsp3) is 0.435. The maximum atomic E-state index is 13.7. The van der Waals surface area contributed by atoms with Crippen molar-refractivity contribution in [2.75, 3.05) is 19.8 Å². The third-order valence-corrected chi connectivity index (χ3v) is 5.51. The molecule has 3 aromatic rings. The summed E-state index contributed by atoms with van der Waals surface area (Å²) in [7, 11) is 1.44. The summed E-state index contributed by atoms with van der Waals surface area (Å²) in [6.45, 7) is 6.36. The van der Waals surface area contributed by atoms with Gasteiger partial charge in [0.05, 0.1) is 24.0 Å². The molecule has 1 aliphatic heterocycles. The molecule has 7 nitrogen and oxygen atoms in total. The number of aromatic nitrogens is 3. The van der Waals surface area contributed by atoms with Crippen molar-refractivity contribution in [2.24, 2.45) is 7.05 Å². The molecule has 0 radical (unpaired) electrons. The number of ether oxygens (including phenoxy) is 2. The van der Waals surface area contributed by atoms with Gasteiger partial charge >= 0.3 is 12.3 Å². The van der Waals surface area contributed by atoms with Crippen LogP contribution in [0.5, 0.6) is 0 Å². The van der Waals surface area contributed by atoms with E-state index in [0.717, 1.165) is 10.2 Å². The third-order valence-electron chi connectivity index (χ3n) is 5.51.